The van der Waals surface area contributed by atoms with Gasteiger partial charge in [-0.1, -0.05) is 18.2 Å². The van der Waals surface area contributed by atoms with Gasteiger partial charge in [-0.05, 0) is 30.5 Å². The summed E-state index contributed by atoms with van der Waals surface area (Å²) in [5.74, 6) is -2.43. The lowest BCUT2D eigenvalue weighted by molar-refractivity contribution is -0.227. The fraction of sp³-hybridized carbons (Fsp3) is 0.389. The minimum Gasteiger partial charge on any atom is -0.481 e. The number of nitrogens with zero attached hydrogens (tertiary/aromatic N) is 3. The molecule has 0 spiro atoms. The van der Waals surface area contributed by atoms with E-state index in [-0.39, 0.29) is 13.0 Å². The molecule has 1 unspecified atom stereocenters. The Bertz CT molecular complexity index is 835. The molecule has 3 rings (SSSR count). The van der Waals surface area contributed by atoms with Crippen molar-refractivity contribution in [1.82, 2.24) is 14.7 Å². The summed E-state index contributed by atoms with van der Waals surface area (Å²) in [4.78, 5) is 24.4. The third-order valence-electron chi connectivity index (χ3n) is 4.86. The molecule has 9 heteroatoms. The van der Waals surface area contributed by atoms with Crippen LogP contribution in [0.5, 0.6) is 0 Å². The molecule has 144 valence electrons. The van der Waals surface area contributed by atoms with Crippen LogP contribution < -0.4 is 0 Å². The SMILES string of the molecule is O=C(CCc1cnn(-c2ccccc2)c1)N1CCC(C(=O)O)(C(F)(F)F)C1. The second-order valence-corrected chi connectivity index (χ2v) is 6.58. The Kier molecular flexibility index (Phi) is 4.95. The van der Waals surface area contributed by atoms with Gasteiger partial charge in [0, 0.05) is 25.7 Å². The molecule has 1 aliphatic rings. The fourth-order valence-corrected chi connectivity index (χ4v) is 3.17. The summed E-state index contributed by atoms with van der Waals surface area (Å²) in [7, 11) is 0. The number of carboxylic acids is 1. The number of aromatic nitrogens is 2. The zero-order valence-corrected chi connectivity index (χ0v) is 14.3. The Morgan fingerprint density at radius 2 is 1.93 bits per heavy atom. The first-order chi connectivity index (χ1) is 12.7. The Morgan fingerprint density at radius 3 is 2.52 bits per heavy atom. The van der Waals surface area contributed by atoms with E-state index in [1.165, 1.54) is 0 Å². The molecule has 0 aliphatic carbocycles. The van der Waals surface area contributed by atoms with E-state index in [1.807, 2.05) is 30.3 Å². The number of carbonyl (C=O) groups excluding carboxylic acids is 1. The molecule has 1 aliphatic heterocycles. The molecule has 0 radical (unpaired) electrons. The number of para-hydroxylation sites is 1. The minimum atomic E-state index is -4.90. The van der Waals surface area contributed by atoms with Crippen molar-refractivity contribution in [2.45, 2.75) is 25.4 Å². The van der Waals surface area contributed by atoms with Crippen molar-refractivity contribution in [3.8, 4) is 5.69 Å². The first kappa shape index (κ1) is 18.9. The second kappa shape index (κ2) is 7.05. The van der Waals surface area contributed by atoms with Crippen molar-refractivity contribution in [3.05, 3.63) is 48.3 Å². The average molecular weight is 381 g/mol. The molecule has 2 aromatic rings. The molecular weight excluding hydrogens is 363 g/mol. The van der Waals surface area contributed by atoms with Crippen LogP contribution in [-0.4, -0.2) is 50.9 Å². The van der Waals surface area contributed by atoms with E-state index in [0.717, 1.165) is 16.2 Å². The molecule has 1 atom stereocenters. The Hall–Kier alpha value is -2.84. The van der Waals surface area contributed by atoms with Crippen LogP contribution >= 0.6 is 0 Å². The second-order valence-electron chi connectivity index (χ2n) is 6.58. The number of carboxylic acid groups (broad SMARTS) is 1. The molecule has 1 fully saturated rings. The van der Waals surface area contributed by atoms with Crippen LogP contribution in [0.15, 0.2) is 42.7 Å². The number of benzene rings is 1. The highest BCUT2D eigenvalue weighted by atomic mass is 19.4. The number of hydrogen-bond acceptors (Lipinski definition) is 3. The zero-order valence-electron chi connectivity index (χ0n) is 14.3. The third kappa shape index (κ3) is 3.67. The maximum Gasteiger partial charge on any atom is 0.406 e. The molecule has 1 aromatic carbocycles. The minimum absolute atomic E-state index is 0.00591. The summed E-state index contributed by atoms with van der Waals surface area (Å²) in [5.41, 5.74) is -1.25. The van der Waals surface area contributed by atoms with Crippen LogP contribution in [0.3, 0.4) is 0 Å². The van der Waals surface area contributed by atoms with Crippen molar-refractivity contribution in [2.24, 2.45) is 5.41 Å². The lowest BCUT2D eigenvalue weighted by Gasteiger charge is -2.27. The van der Waals surface area contributed by atoms with Crippen LogP contribution in [0.25, 0.3) is 5.69 Å². The molecule has 6 nitrogen and oxygen atoms in total. The Labute approximate surface area is 153 Å². The summed E-state index contributed by atoms with van der Waals surface area (Å²) in [5, 5.41) is 13.3. The number of alkyl halides is 3. The number of carbonyl (C=O) groups is 2. The highest BCUT2D eigenvalue weighted by Gasteiger charge is 2.64. The number of hydrogen-bond donors (Lipinski definition) is 1. The average Bonchev–Trinajstić information content (AvgIpc) is 3.28. The van der Waals surface area contributed by atoms with Crippen molar-refractivity contribution in [2.75, 3.05) is 13.1 Å². The number of likely N-dealkylation sites (tertiary alicyclic amines) is 1. The van der Waals surface area contributed by atoms with E-state index >= 15 is 0 Å². The van der Waals surface area contributed by atoms with Gasteiger partial charge >= 0.3 is 12.1 Å². The van der Waals surface area contributed by atoms with E-state index in [4.69, 9.17) is 5.11 Å². The Morgan fingerprint density at radius 1 is 1.22 bits per heavy atom. The van der Waals surface area contributed by atoms with E-state index in [0.29, 0.717) is 6.42 Å². The summed E-state index contributed by atoms with van der Waals surface area (Å²) in [6.07, 6.45) is -1.86. The van der Waals surface area contributed by atoms with Gasteiger partial charge in [0.1, 0.15) is 0 Å². The quantitative estimate of drug-likeness (QED) is 0.864. The van der Waals surface area contributed by atoms with Crippen molar-refractivity contribution < 1.29 is 27.9 Å². The third-order valence-corrected chi connectivity index (χ3v) is 4.86. The predicted octanol–water partition coefficient (Wildman–Crippen LogP) is 2.67. The first-order valence-electron chi connectivity index (χ1n) is 8.40. The van der Waals surface area contributed by atoms with Crippen molar-refractivity contribution >= 4 is 11.9 Å². The number of aliphatic carboxylic acids is 1. The lowest BCUT2D eigenvalue weighted by Crippen LogP contribution is -2.47. The summed E-state index contributed by atoms with van der Waals surface area (Å²) < 4.78 is 41.2. The molecule has 1 N–H and O–H groups in total. The molecule has 0 bridgehead atoms. The normalized spacial score (nSPS) is 20.0. The van der Waals surface area contributed by atoms with Gasteiger partial charge in [0.25, 0.3) is 0 Å². The van der Waals surface area contributed by atoms with Gasteiger partial charge in [-0.3, -0.25) is 9.59 Å². The largest absolute Gasteiger partial charge is 0.481 e. The molecular formula is C18H18F3N3O3. The van der Waals surface area contributed by atoms with Gasteiger partial charge in [-0.25, -0.2) is 4.68 Å². The van der Waals surface area contributed by atoms with Crippen LogP contribution in [0, 0.1) is 5.41 Å². The maximum absolute atomic E-state index is 13.2. The first-order valence-corrected chi connectivity index (χ1v) is 8.40. The predicted molar refractivity (Wildman–Crippen MR) is 89.2 cm³/mol. The fourth-order valence-electron chi connectivity index (χ4n) is 3.17. The molecule has 2 heterocycles. The lowest BCUT2D eigenvalue weighted by atomic mass is 9.86. The number of rotatable bonds is 5. The van der Waals surface area contributed by atoms with Gasteiger partial charge in [-0.15, -0.1) is 0 Å². The van der Waals surface area contributed by atoms with E-state index < -0.39 is 36.4 Å². The van der Waals surface area contributed by atoms with Crippen LogP contribution in [0.2, 0.25) is 0 Å². The molecule has 1 aromatic heterocycles. The highest BCUT2D eigenvalue weighted by molar-refractivity contribution is 5.81. The number of amides is 1. The van der Waals surface area contributed by atoms with E-state index in [9.17, 15) is 22.8 Å². The molecule has 1 amide bonds. The van der Waals surface area contributed by atoms with E-state index in [1.54, 1.807) is 17.1 Å². The monoisotopic (exact) mass is 381 g/mol. The van der Waals surface area contributed by atoms with Gasteiger partial charge < -0.3 is 10.0 Å². The van der Waals surface area contributed by atoms with Crippen molar-refractivity contribution in [1.29, 1.82) is 0 Å². The molecule has 0 saturated carbocycles. The van der Waals surface area contributed by atoms with Crippen molar-refractivity contribution in [3.63, 3.8) is 0 Å². The summed E-state index contributed by atoms with van der Waals surface area (Å²) in [6.45, 7) is -1.05. The zero-order chi connectivity index (χ0) is 19.7. The summed E-state index contributed by atoms with van der Waals surface area (Å²) in [6, 6.07) is 9.34. The van der Waals surface area contributed by atoms with Gasteiger partial charge in [0.15, 0.2) is 5.41 Å². The van der Waals surface area contributed by atoms with E-state index in [2.05, 4.69) is 5.10 Å². The van der Waals surface area contributed by atoms with Crippen LogP contribution in [-0.2, 0) is 16.0 Å². The van der Waals surface area contributed by atoms with Gasteiger partial charge in [-0.2, -0.15) is 18.3 Å². The number of aryl methyl sites for hydroxylation is 1. The molecule has 27 heavy (non-hydrogen) atoms. The van der Waals surface area contributed by atoms with Crippen LogP contribution in [0.4, 0.5) is 13.2 Å². The Balaban J connectivity index is 1.61. The topological polar surface area (TPSA) is 75.4 Å². The summed E-state index contributed by atoms with van der Waals surface area (Å²) >= 11 is 0. The molecule has 1 saturated heterocycles. The van der Waals surface area contributed by atoms with Gasteiger partial charge in [0.05, 0.1) is 11.9 Å². The smallest absolute Gasteiger partial charge is 0.406 e. The standard InChI is InChI=1S/C18H18F3N3O3/c19-18(20,21)17(16(26)27)8-9-23(12-17)15(25)7-6-13-10-22-24(11-13)14-4-2-1-3-5-14/h1-5,10-11H,6-9,12H2,(H,26,27). The number of halogens is 3. The van der Waals surface area contributed by atoms with Crippen LogP contribution in [0.1, 0.15) is 18.4 Å². The highest BCUT2D eigenvalue weighted by Crippen LogP contribution is 2.45. The maximum atomic E-state index is 13.2. The van der Waals surface area contributed by atoms with Gasteiger partial charge in [0.2, 0.25) is 5.91 Å².